The van der Waals surface area contributed by atoms with Crippen molar-refractivity contribution in [1.82, 2.24) is 4.90 Å². The smallest absolute Gasteiger partial charge is 0.166 e. The first-order valence-electron chi connectivity index (χ1n) is 5.10. The van der Waals surface area contributed by atoms with E-state index < -0.39 is 11.6 Å². The van der Waals surface area contributed by atoms with Gasteiger partial charge in [-0.15, -0.1) is 0 Å². The van der Waals surface area contributed by atoms with Crippen LogP contribution in [0.2, 0.25) is 0 Å². The zero-order chi connectivity index (χ0) is 11.7. The maximum atomic E-state index is 13.6. The molecule has 1 atom stereocenters. The molecule has 86 valence electrons. The molecule has 0 spiro atoms. The van der Waals surface area contributed by atoms with Crippen LogP contribution in [0.25, 0.3) is 0 Å². The molecule has 1 aliphatic heterocycles. The Labute approximate surface area is 98.0 Å². The van der Waals surface area contributed by atoms with Crippen molar-refractivity contribution in [3.8, 4) is 0 Å². The van der Waals surface area contributed by atoms with Crippen molar-refractivity contribution >= 4 is 17.3 Å². The second kappa shape index (κ2) is 4.33. The summed E-state index contributed by atoms with van der Waals surface area (Å²) in [4.78, 5) is 1.74. The lowest BCUT2D eigenvalue weighted by molar-refractivity contribution is 0.388. The molecular formula is C11H12F2N2S. The Bertz CT molecular complexity index is 422. The van der Waals surface area contributed by atoms with Crippen molar-refractivity contribution in [1.29, 1.82) is 0 Å². The van der Waals surface area contributed by atoms with E-state index in [0.717, 1.165) is 25.0 Å². The molecule has 0 amide bonds. The summed E-state index contributed by atoms with van der Waals surface area (Å²) in [5.41, 5.74) is 5.89. The monoisotopic (exact) mass is 242 g/mol. The fraction of sp³-hybridized carbons (Fsp3) is 0.364. The molecule has 1 aromatic carbocycles. The van der Waals surface area contributed by atoms with Crippen LogP contribution in [-0.2, 0) is 0 Å². The number of hydrogen-bond acceptors (Lipinski definition) is 1. The van der Waals surface area contributed by atoms with Crippen molar-refractivity contribution in [3.63, 3.8) is 0 Å². The molecule has 1 aromatic rings. The highest BCUT2D eigenvalue weighted by atomic mass is 32.1. The molecule has 2 nitrogen and oxygen atoms in total. The first kappa shape index (κ1) is 11.3. The predicted molar refractivity (Wildman–Crippen MR) is 61.8 cm³/mol. The summed E-state index contributed by atoms with van der Waals surface area (Å²) >= 11 is 4.90. The van der Waals surface area contributed by atoms with E-state index >= 15 is 0 Å². The molecule has 0 saturated carbocycles. The summed E-state index contributed by atoms with van der Waals surface area (Å²) < 4.78 is 26.7. The van der Waals surface area contributed by atoms with Crippen LogP contribution in [0.5, 0.6) is 0 Å². The van der Waals surface area contributed by atoms with Crippen molar-refractivity contribution in [2.45, 2.75) is 18.9 Å². The Morgan fingerprint density at radius 1 is 1.44 bits per heavy atom. The lowest BCUT2D eigenvalue weighted by Crippen LogP contribution is -2.35. The van der Waals surface area contributed by atoms with Gasteiger partial charge in [-0.3, -0.25) is 0 Å². The number of thiocarbonyl (C=S) groups is 1. The van der Waals surface area contributed by atoms with Crippen LogP contribution in [0.3, 0.4) is 0 Å². The number of nitrogens with two attached hydrogens (primary N) is 1. The van der Waals surface area contributed by atoms with E-state index in [1.165, 1.54) is 6.07 Å². The van der Waals surface area contributed by atoms with E-state index in [1.807, 2.05) is 0 Å². The first-order chi connectivity index (χ1) is 7.59. The summed E-state index contributed by atoms with van der Waals surface area (Å²) in [6, 6.07) is 3.24. The highest BCUT2D eigenvalue weighted by Crippen LogP contribution is 2.33. The number of likely N-dealkylation sites (tertiary alicyclic amines) is 1. The van der Waals surface area contributed by atoms with E-state index in [9.17, 15) is 8.78 Å². The van der Waals surface area contributed by atoms with Crippen LogP contribution in [-0.4, -0.2) is 16.6 Å². The van der Waals surface area contributed by atoms with E-state index in [0.29, 0.717) is 12.1 Å². The molecule has 2 rings (SSSR count). The van der Waals surface area contributed by atoms with Crippen LogP contribution in [0.1, 0.15) is 24.4 Å². The van der Waals surface area contributed by atoms with Gasteiger partial charge in [0.2, 0.25) is 0 Å². The molecule has 0 unspecified atom stereocenters. The van der Waals surface area contributed by atoms with E-state index in [2.05, 4.69) is 0 Å². The Kier molecular flexibility index (Phi) is 3.05. The van der Waals surface area contributed by atoms with Crippen molar-refractivity contribution in [2.24, 2.45) is 5.73 Å². The average Bonchev–Trinajstić information content (AvgIpc) is 2.70. The quantitative estimate of drug-likeness (QED) is 0.766. The maximum Gasteiger partial charge on any atom is 0.166 e. The molecule has 16 heavy (non-hydrogen) atoms. The zero-order valence-corrected chi connectivity index (χ0v) is 9.44. The molecule has 1 heterocycles. The second-order valence-electron chi connectivity index (χ2n) is 3.86. The number of rotatable bonds is 1. The minimum atomic E-state index is -0.439. The lowest BCUT2D eigenvalue weighted by atomic mass is 10.0. The predicted octanol–water partition coefficient (Wildman–Crippen LogP) is 2.35. The molecular weight excluding hydrogens is 230 g/mol. The third kappa shape index (κ3) is 2.00. The van der Waals surface area contributed by atoms with Crippen molar-refractivity contribution in [3.05, 3.63) is 35.4 Å². The number of benzene rings is 1. The normalized spacial score (nSPS) is 20.1. The lowest BCUT2D eigenvalue weighted by Gasteiger charge is -2.25. The third-order valence-electron chi connectivity index (χ3n) is 2.85. The molecule has 1 saturated heterocycles. The van der Waals surface area contributed by atoms with Crippen LogP contribution < -0.4 is 5.73 Å². The Hall–Kier alpha value is -1.23. The molecule has 0 radical (unpaired) electrons. The van der Waals surface area contributed by atoms with Crippen LogP contribution in [0, 0.1) is 11.6 Å². The summed E-state index contributed by atoms with van der Waals surface area (Å²) in [6.45, 7) is 0.704. The largest absolute Gasteiger partial charge is 0.376 e. The highest BCUT2D eigenvalue weighted by Gasteiger charge is 2.29. The van der Waals surface area contributed by atoms with Gasteiger partial charge in [0.15, 0.2) is 5.11 Å². The second-order valence-corrected chi connectivity index (χ2v) is 4.27. The molecule has 0 aromatic heterocycles. The van der Waals surface area contributed by atoms with Gasteiger partial charge >= 0.3 is 0 Å². The highest BCUT2D eigenvalue weighted by molar-refractivity contribution is 7.80. The van der Waals surface area contributed by atoms with Crippen LogP contribution in [0.4, 0.5) is 8.78 Å². The number of nitrogens with zero attached hydrogens (tertiary/aromatic N) is 1. The van der Waals surface area contributed by atoms with Crippen LogP contribution >= 0.6 is 12.2 Å². The van der Waals surface area contributed by atoms with Crippen LogP contribution in [0.15, 0.2) is 18.2 Å². The number of halogens is 2. The van der Waals surface area contributed by atoms with Gasteiger partial charge in [-0.1, -0.05) is 0 Å². The summed E-state index contributed by atoms with van der Waals surface area (Å²) in [5, 5.41) is 0.242. The van der Waals surface area contributed by atoms with E-state index in [1.54, 1.807) is 4.90 Å². The average molecular weight is 242 g/mol. The first-order valence-corrected chi connectivity index (χ1v) is 5.51. The molecule has 2 N–H and O–H groups in total. The standard InChI is InChI=1S/C11H12F2N2S/c12-7-3-4-9(13)8(6-7)10-2-1-5-15(10)11(14)16/h3-4,6,10H,1-2,5H2,(H2,14,16)/t10-/m1/s1. The minimum Gasteiger partial charge on any atom is -0.376 e. The zero-order valence-electron chi connectivity index (χ0n) is 8.62. The number of hydrogen-bond donors (Lipinski definition) is 1. The van der Waals surface area contributed by atoms with Gasteiger partial charge in [-0.05, 0) is 43.3 Å². The molecule has 0 bridgehead atoms. The SMILES string of the molecule is NC(=S)N1CCC[C@@H]1c1cc(F)ccc1F. The fourth-order valence-electron chi connectivity index (χ4n) is 2.12. The maximum absolute atomic E-state index is 13.6. The summed E-state index contributed by atoms with van der Waals surface area (Å²) in [7, 11) is 0. The summed E-state index contributed by atoms with van der Waals surface area (Å²) in [5.74, 6) is -0.847. The Morgan fingerprint density at radius 2 is 2.19 bits per heavy atom. The Morgan fingerprint density at radius 3 is 2.88 bits per heavy atom. The van der Waals surface area contributed by atoms with Gasteiger partial charge in [-0.2, -0.15) is 0 Å². The van der Waals surface area contributed by atoms with Crippen molar-refractivity contribution in [2.75, 3.05) is 6.54 Å². The van der Waals surface area contributed by atoms with Gasteiger partial charge in [0.25, 0.3) is 0 Å². The van der Waals surface area contributed by atoms with E-state index in [-0.39, 0.29) is 11.2 Å². The molecule has 5 heteroatoms. The van der Waals surface area contributed by atoms with Gasteiger partial charge in [0, 0.05) is 12.1 Å². The Balaban J connectivity index is 2.35. The summed E-state index contributed by atoms with van der Waals surface area (Å²) in [6.07, 6.45) is 1.63. The van der Waals surface area contributed by atoms with Gasteiger partial charge in [0.1, 0.15) is 11.6 Å². The topological polar surface area (TPSA) is 29.3 Å². The fourth-order valence-corrected chi connectivity index (χ4v) is 2.34. The third-order valence-corrected chi connectivity index (χ3v) is 3.09. The minimum absolute atomic E-state index is 0.229. The van der Waals surface area contributed by atoms with Gasteiger partial charge in [-0.25, -0.2) is 8.78 Å². The molecule has 1 fully saturated rings. The van der Waals surface area contributed by atoms with Gasteiger partial charge in [0.05, 0.1) is 6.04 Å². The molecule has 0 aliphatic carbocycles. The van der Waals surface area contributed by atoms with Gasteiger partial charge < -0.3 is 10.6 Å². The van der Waals surface area contributed by atoms with E-state index in [4.69, 9.17) is 18.0 Å². The molecule has 1 aliphatic rings. The van der Waals surface area contributed by atoms with Crippen molar-refractivity contribution < 1.29 is 8.78 Å².